The summed E-state index contributed by atoms with van der Waals surface area (Å²) >= 11 is 0. The van der Waals surface area contributed by atoms with Crippen molar-refractivity contribution in [1.82, 2.24) is 20.4 Å². The molecule has 2 fully saturated rings. The zero-order chi connectivity index (χ0) is 18.4. The first-order valence-electron chi connectivity index (χ1n) is 9.73. The van der Waals surface area contributed by atoms with E-state index < -0.39 is 0 Å². The van der Waals surface area contributed by atoms with Crippen molar-refractivity contribution < 1.29 is 9.21 Å². The zero-order valence-corrected chi connectivity index (χ0v) is 15.9. The Hall–Kier alpha value is -2.02. The molecule has 144 valence electrons. The van der Waals surface area contributed by atoms with Crippen LogP contribution in [0.3, 0.4) is 0 Å². The lowest BCUT2D eigenvalue weighted by Crippen LogP contribution is -2.47. The van der Waals surface area contributed by atoms with Crippen molar-refractivity contribution in [2.24, 2.45) is 4.99 Å². The first-order valence-corrected chi connectivity index (χ1v) is 9.73. The average molecular weight is 361 g/mol. The van der Waals surface area contributed by atoms with Gasteiger partial charge < -0.3 is 20.0 Å². The van der Waals surface area contributed by atoms with Gasteiger partial charge in [0.25, 0.3) is 0 Å². The van der Waals surface area contributed by atoms with Crippen LogP contribution in [0.5, 0.6) is 0 Å². The summed E-state index contributed by atoms with van der Waals surface area (Å²) < 4.78 is 5.67. The number of furan rings is 1. The molecule has 3 rings (SSSR count). The topological polar surface area (TPSA) is 73.1 Å². The van der Waals surface area contributed by atoms with Gasteiger partial charge in [0.1, 0.15) is 5.76 Å². The molecule has 0 saturated carbocycles. The summed E-state index contributed by atoms with van der Waals surface area (Å²) in [7, 11) is 1.79. The minimum atomic E-state index is 0.216. The maximum atomic E-state index is 11.8. The SMILES string of the molecule is CCC(=O)N1CCC(NC(=NC)NCC(c2ccco2)N2CCCC2)C1. The Balaban J connectivity index is 1.53. The fourth-order valence-electron chi connectivity index (χ4n) is 3.85. The van der Waals surface area contributed by atoms with Crippen LogP contribution >= 0.6 is 0 Å². The summed E-state index contributed by atoms with van der Waals surface area (Å²) in [5.41, 5.74) is 0. The van der Waals surface area contributed by atoms with Crippen LogP contribution in [-0.2, 0) is 4.79 Å². The van der Waals surface area contributed by atoms with E-state index in [1.807, 2.05) is 24.0 Å². The molecule has 0 radical (unpaired) electrons. The lowest BCUT2D eigenvalue weighted by molar-refractivity contribution is -0.129. The van der Waals surface area contributed by atoms with Crippen molar-refractivity contribution in [3.63, 3.8) is 0 Å². The van der Waals surface area contributed by atoms with E-state index in [0.717, 1.165) is 50.9 Å². The van der Waals surface area contributed by atoms with E-state index >= 15 is 0 Å². The van der Waals surface area contributed by atoms with Gasteiger partial charge in [-0.25, -0.2) is 0 Å². The van der Waals surface area contributed by atoms with Gasteiger partial charge in [-0.15, -0.1) is 0 Å². The highest BCUT2D eigenvalue weighted by atomic mass is 16.3. The number of rotatable bonds is 6. The van der Waals surface area contributed by atoms with Gasteiger partial charge in [0.2, 0.25) is 5.91 Å². The fraction of sp³-hybridized carbons (Fsp3) is 0.684. The van der Waals surface area contributed by atoms with Gasteiger partial charge in [-0.3, -0.25) is 14.7 Å². The second kappa shape index (κ2) is 9.07. The molecular formula is C19H31N5O2. The lowest BCUT2D eigenvalue weighted by Gasteiger charge is -2.27. The van der Waals surface area contributed by atoms with Crippen molar-refractivity contribution >= 4 is 11.9 Å². The number of hydrogen-bond acceptors (Lipinski definition) is 4. The summed E-state index contributed by atoms with van der Waals surface area (Å²) in [4.78, 5) is 20.6. The van der Waals surface area contributed by atoms with Gasteiger partial charge in [-0.1, -0.05) is 6.92 Å². The Bertz CT molecular complexity index is 595. The summed E-state index contributed by atoms with van der Waals surface area (Å²) in [6.45, 7) is 6.45. The lowest BCUT2D eigenvalue weighted by atomic mass is 10.2. The number of nitrogens with one attached hydrogen (secondary N) is 2. The van der Waals surface area contributed by atoms with Gasteiger partial charge in [0.05, 0.1) is 12.3 Å². The Morgan fingerprint density at radius 2 is 2.19 bits per heavy atom. The molecule has 3 heterocycles. The Kier molecular flexibility index (Phi) is 6.55. The third kappa shape index (κ3) is 4.58. The second-order valence-electron chi connectivity index (χ2n) is 7.05. The summed E-state index contributed by atoms with van der Waals surface area (Å²) in [6.07, 6.45) is 5.75. The number of nitrogens with zero attached hydrogens (tertiary/aromatic N) is 3. The molecule has 2 aliphatic heterocycles. The van der Waals surface area contributed by atoms with E-state index in [2.05, 4.69) is 20.5 Å². The molecule has 0 spiro atoms. The molecule has 0 aliphatic carbocycles. The van der Waals surface area contributed by atoms with Crippen LogP contribution in [0.2, 0.25) is 0 Å². The maximum Gasteiger partial charge on any atom is 0.222 e. The third-order valence-electron chi connectivity index (χ3n) is 5.32. The Morgan fingerprint density at radius 1 is 1.38 bits per heavy atom. The molecule has 7 heteroatoms. The van der Waals surface area contributed by atoms with E-state index in [1.54, 1.807) is 13.3 Å². The van der Waals surface area contributed by atoms with Gasteiger partial charge in [-0.2, -0.15) is 0 Å². The van der Waals surface area contributed by atoms with Crippen LogP contribution in [0.4, 0.5) is 0 Å². The van der Waals surface area contributed by atoms with E-state index in [0.29, 0.717) is 6.42 Å². The summed E-state index contributed by atoms with van der Waals surface area (Å²) in [5.74, 6) is 2.01. The van der Waals surface area contributed by atoms with Crippen LogP contribution in [0.1, 0.15) is 44.4 Å². The molecule has 26 heavy (non-hydrogen) atoms. The largest absolute Gasteiger partial charge is 0.468 e. The third-order valence-corrected chi connectivity index (χ3v) is 5.32. The van der Waals surface area contributed by atoms with E-state index in [-0.39, 0.29) is 18.0 Å². The minimum absolute atomic E-state index is 0.216. The fourth-order valence-corrected chi connectivity index (χ4v) is 3.85. The summed E-state index contributed by atoms with van der Waals surface area (Å²) in [6, 6.07) is 4.47. The van der Waals surface area contributed by atoms with Gasteiger partial charge in [0, 0.05) is 39.1 Å². The van der Waals surface area contributed by atoms with Gasteiger partial charge >= 0.3 is 0 Å². The van der Waals surface area contributed by atoms with Crippen LogP contribution in [0, 0.1) is 0 Å². The van der Waals surface area contributed by atoms with Crippen LogP contribution in [0.25, 0.3) is 0 Å². The van der Waals surface area contributed by atoms with E-state index in [4.69, 9.17) is 4.42 Å². The first-order chi connectivity index (χ1) is 12.7. The number of amides is 1. The van der Waals surface area contributed by atoms with Crippen molar-refractivity contribution in [1.29, 1.82) is 0 Å². The number of guanidine groups is 1. The molecule has 1 amide bonds. The standard InChI is InChI=1S/C19H31N5O2/c1-3-18(25)24-11-8-15(14-24)22-19(20-2)21-13-16(17-7-6-12-26-17)23-9-4-5-10-23/h6-7,12,15-16H,3-5,8-11,13-14H2,1-2H3,(H2,20,21,22). The molecule has 2 unspecified atom stereocenters. The normalized spacial score (nSPS) is 22.6. The van der Waals surface area contributed by atoms with Crippen LogP contribution in [-0.4, -0.2) is 67.5 Å². The Labute approximate surface area is 155 Å². The molecule has 2 atom stereocenters. The van der Waals surface area contributed by atoms with Crippen molar-refractivity contribution in [2.75, 3.05) is 39.8 Å². The average Bonchev–Trinajstić information content (AvgIpc) is 3.42. The quantitative estimate of drug-likeness (QED) is 0.595. The molecule has 2 aliphatic rings. The Morgan fingerprint density at radius 3 is 2.85 bits per heavy atom. The zero-order valence-electron chi connectivity index (χ0n) is 15.9. The molecule has 0 bridgehead atoms. The van der Waals surface area contributed by atoms with E-state index in [9.17, 15) is 4.79 Å². The van der Waals surface area contributed by atoms with Crippen molar-refractivity contribution in [2.45, 2.75) is 44.7 Å². The molecule has 2 saturated heterocycles. The smallest absolute Gasteiger partial charge is 0.222 e. The minimum Gasteiger partial charge on any atom is -0.468 e. The van der Waals surface area contributed by atoms with Gasteiger partial charge in [-0.05, 0) is 44.5 Å². The first kappa shape index (κ1) is 18.8. The molecule has 7 nitrogen and oxygen atoms in total. The monoisotopic (exact) mass is 361 g/mol. The molecular weight excluding hydrogens is 330 g/mol. The van der Waals surface area contributed by atoms with Crippen LogP contribution in [0.15, 0.2) is 27.8 Å². The van der Waals surface area contributed by atoms with E-state index in [1.165, 1.54) is 12.8 Å². The predicted molar refractivity (Wildman–Crippen MR) is 102 cm³/mol. The highest BCUT2D eigenvalue weighted by molar-refractivity contribution is 5.80. The maximum absolute atomic E-state index is 11.8. The molecule has 0 aromatic carbocycles. The summed E-state index contributed by atoms with van der Waals surface area (Å²) in [5, 5.41) is 6.92. The predicted octanol–water partition coefficient (Wildman–Crippen LogP) is 1.59. The highest BCUT2D eigenvalue weighted by Crippen LogP contribution is 2.24. The van der Waals surface area contributed by atoms with Crippen molar-refractivity contribution in [3.8, 4) is 0 Å². The molecule has 1 aromatic rings. The molecule has 2 N–H and O–H groups in total. The highest BCUT2D eigenvalue weighted by Gasteiger charge is 2.28. The number of aliphatic imine (C=N–C) groups is 1. The number of likely N-dealkylation sites (tertiary alicyclic amines) is 2. The molecule has 1 aromatic heterocycles. The number of carbonyl (C=O) groups is 1. The van der Waals surface area contributed by atoms with Gasteiger partial charge in [0.15, 0.2) is 5.96 Å². The van der Waals surface area contributed by atoms with Crippen molar-refractivity contribution in [3.05, 3.63) is 24.2 Å². The second-order valence-corrected chi connectivity index (χ2v) is 7.05. The van der Waals surface area contributed by atoms with Crippen LogP contribution < -0.4 is 10.6 Å². The number of carbonyl (C=O) groups excluding carboxylic acids is 1. The number of hydrogen-bond donors (Lipinski definition) is 2.